The van der Waals surface area contributed by atoms with Gasteiger partial charge >= 0.3 is 5.97 Å². The number of hydrogen-bond acceptors (Lipinski definition) is 8. The van der Waals surface area contributed by atoms with Crippen molar-refractivity contribution in [2.75, 3.05) is 21.3 Å². The number of hydrogen-bond donors (Lipinski definition) is 0. The molecule has 0 unspecified atom stereocenters. The fourth-order valence-electron chi connectivity index (χ4n) is 3.03. The first-order valence-corrected chi connectivity index (χ1v) is 8.90. The minimum atomic E-state index is -0.712. The molecule has 3 aromatic rings. The quantitative estimate of drug-likeness (QED) is 0.252. The van der Waals surface area contributed by atoms with Crippen molar-refractivity contribution >= 4 is 22.8 Å². The highest BCUT2D eigenvalue weighted by Crippen LogP contribution is 2.38. The molecule has 0 spiro atoms. The zero-order valence-corrected chi connectivity index (χ0v) is 16.9. The molecule has 9 heteroatoms. The van der Waals surface area contributed by atoms with Crippen LogP contribution in [0, 0.1) is 5.21 Å². The second-order valence-corrected chi connectivity index (χ2v) is 6.24. The number of Topliss-reactive ketones (excluding diaryl/α,β-unsaturated/α-hetero) is 1. The van der Waals surface area contributed by atoms with E-state index >= 15 is 0 Å². The van der Waals surface area contributed by atoms with Gasteiger partial charge in [0.25, 0.3) is 5.69 Å². The molecule has 0 saturated carbocycles. The maximum absolute atomic E-state index is 12.6. The zero-order chi connectivity index (χ0) is 21.8. The molecule has 0 aliphatic heterocycles. The number of aromatic nitrogens is 2. The first-order chi connectivity index (χ1) is 14.4. The summed E-state index contributed by atoms with van der Waals surface area (Å²) in [7, 11) is 4.31. The molecule has 1 heterocycles. The molecule has 0 aliphatic carbocycles. The van der Waals surface area contributed by atoms with Gasteiger partial charge in [0, 0.05) is 13.0 Å². The van der Waals surface area contributed by atoms with Gasteiger partial charge in [0.1, 0.15) is 12.1 Å². The van der Waals surface area contributed by atoms with Crippen LogP contribution in [0.2, 0.25) is 0 Å². The molecule has 156 valence electrons. The standard InChI is InChI=1S/C21H20N2O7/c1-12(24)19-15(22-14-7-5-6-8-16(14)23(19)26)11-30-21(25)13-9-17(27-2)20(29-4)18(10-13)28-3/h5-10H,11H2,1-4H3. The van der Waals surface area contributed by atoms with Gasteiger partial charge in [-0.1, -0.05) is 12.1 Å². The summed E-state index contributed by atoms with van der Waals surface area (Å²) in [6.45, 7) is 0.891. The van der Waals surface area contributed by atoms with E-state index < -0.39 is 11.8 Å². The largest absolute Gasteiger partial charge is 0.618 e. The van der Waals surface area contributed by atoms with Gasteiger partial charge in [-0.05, 0) is 18.2 Å². The Morgan fingerprint density at radius 1 is 1.03 bits per heavy atom. The Balaban J connectivity index is 1.94. The predicted octanol–water partition coefficient (Wildman–Crippen LogP) is 2.45. The van der Waals surface area contributed by atoms with Crippen LogP contribution >= 0.6 is 0 Å². The molecular formula is C21H20N2O7. The summed E-state index contributed by atoms with van der Waals surface area (Å²) in [4.78, 5) is 29.0. The van der Waals surface area contributed by atoms with Gasteiger partial charge < -0.3 is 24.2 Å². The van der Waals surface area contributed by atoms with E-state index in [0.29, 0.717) is 16.0 Å². The van der Waals surface area contributed by atoms with E-state index in [4.69, 9.17) is 18.9 Å². The normalized spacial score (nSPS) is 10.5. The van der Waals surface area contributed by atoms with Crippen molar-refractivity contribution in [1.82, 2.24) is 4.98 Å². The average molecular weight is 412 g/mol. The lowest BCUT2D eigenvalue weighted by molar-refractivity contribution is -0.580. The number of para-hydroxylation sites is 2. The van der Waals surface area contributed by atoms with Crippen LogP contribution in [0.1, 0.15) is 33.5 Å². The Hall–Kier alpha value is -3.88. The molecule has 9 nitrogen and oxygen atoms in total. The van der Waals surface area contributed by atoms with Crippen LogP contribution in [0.15, 0.2) is 36.4 Å². The first kappa shape index (κ1) is 20.8. The van der Waals surface area contributed by atoms with Gasteiger partial charge in [-0.2, -0.15) is 4.73 Å². The molecule has 0 bridgehead atoms. The molecule has 0 N–H and O–H groups in total. The van der Waals surface area contributed by atoms with Gasteiger partial charge in [0.05, 0.1) is 26.9 Å². The van der Waals surface area contributed by atoms with Crippen molar-refractivity contribution in [2.45, 2.75) is 13.5 Å². The Morgan fingerprint density at radius 2 is 1.67 bits per heavy atom. The summed E-state index contributed by atoms with van der Waals surface area (Å²) >= 11 is 0. The van der Waals surface area contributed by atoms with Crippen molar-refractivity contribution < 1.29 is 33.3 Å². The summed E-state index contributed by atoms with van der Waals surface area (Å²) in [6, 6.07) is 9.47. The van der Waals surface area contributed by atoms with Gasteiger partial charge in [-0.3, -0.25) is 4.79 Å². The van der Waals surface area contributed by atoms with Crippen molar-refractivity contribution in [3.8, 4) is 17.2 Å². The summed E-state index contributed by atoms with van der Waals surface area (Å²) in [5, 5.41) is 12.6. The van der Waals surface area contributed by atoms with E-state index in [1.807, 2.05) is 0 Å². The molecular weight excluding hydrogens is 392 g/mol. The fourth-order valence-corrected chi connectivity index (χ4v) is 3.03. The van der Waals surface area contributed by atoms with E-state index in [0.717, 1.165) is 0 Å². The monoisotopic (exact) mass is 412 g/mol. The topological polar surface area (TPSA) is 111 Å². The lowest BCUT2D eigenvalue weighted by atomic mass is 10.1. The summed E-state index contributed by atoms with van der Waals surface area (Å²) < 4.78 is 21.5. The molecule has 0 fully saturated rings. The number of carbonyl (C=O) groups is 2. The highest BCUT2D eigenvalue weighted by atomic mass is 16.5. The minimum Gasteiger partial charge on any atom is -0.618 e. The van der Waals surface area contributed by atoms with Gasteiger partial charge in [-0.25, -0.2) is 9.78 Å². The number of nitrogens with zero attached hydrogens (tertiary/aromatic N) is 2. The molecule has 2 aromatic carbocycles. The second kappa shape index (κ2) is 8.64. The lowest BCUT2D eigenvalue weighted by Crippen LogP contribution is -2.37. The van der Waals surface area contributed by atoms with E-state index in [9.17, 15) is 14.8 Å². The molecule has 3 rings (SSSR count). The molecule has 0 atom stereocenters. The van der Waals surface area contributed by atoms with E-state index in [-0.39, 0.29) is 40.6 Å². The number of rotatable bonds is 7. The number of fused-ring (bicyclic) bond motifs is 1. The molecule has 0 radical (unpaired) electrons. The third kappa shape index (κ3) is 3.82. The van der Waals surface area contributed by atoms with E-state index in [2.05, 4.69) is 4.98 Å². The van der Waals surface area contributed by atoms with Crippen LogP contribution in [-0.4, -0.2) is 38.1 Å². The average Bonchev–Trinajstić information content (AvgIpc) is 2.75. The Morgan fingerprint density at radius 3 is 2.23 bits per heavy atom. The summed E-state index contributed by atoms with van der Waals surface area (Å²) in [6.07, 6.45) is 0. The zero-order valence-electron chi connectivity index (χ0n) is 16.9. The SMILES string of the molecule is COc1cc(C(=O)OCc2nc3ccccc3[n+]([O-])c2C(C)=O)cc(OC)c1OC. The maximum Gasteiger partial charge on any atom is 0.338 e. The Kier molecular flexibility index (Phi) is 6.01. The van der Waals surface area contributed by atoms with Crippen molar-refractivity contribution in [2.24, 2.45) is 0 Å². The van der Waals surface area contributed by atoms with E-state index in [1.165, 1.54) is 40.4 Å². The van der Waals surface area contributed by atoms with Crippen molar-refractivity contribution in [3.63, 3.8) is 0 Å². The van der Waals surface area contributed by atoms with Gasteiger partial charge in [0.15, 0.2) is 17.2 Å². The molecule has 1 aromatic heterocycles. The first-order valence-electron chi connectivity index (χ1n) is 8.90. The fraction of sp³-hybridized carbons (Fsp3) is 0.238. The highest BCUT2D eigenvalue weighted by Gasteiger charge is 2.25. The van der Waals surface area contributed by atoms with Crippen LogP contribution in [0.5, 0.6) is 17.2 Å². The lowest BCUT2D eigenvalue weighted by Gasteiger charge is -2.14. The second-order valence-electron chi connectivity index (χ2n) is 6.24. The maximum atomic E-state index is 12.6. The van der Waals surface area contributed by atoms with Gasteiger partial charge in [0.2, 0.25) is 17.0 Å². The van der Waals surface area contributed by atoms with Crippen LogP contribution in [-0.2, 0) is 11.3 Å². The molecule has 0 aliphatic rings. The number of benzene rings is 2. The van der Waals surface area contributed by atoms with Crippen LogP contribution in [0.25, 0.3) is 11.0 Å². The van der Waals surface area contributed by atoms with Crippen molar-refractivity contribution in [1.29, 1.82) is 0 Å². The smallest absolute Gasteiger partial charge is 0.338 e. The number of methoxy groups -OCH3 is 3. The number of carbonyl (C=O) groups excluding carboxylic acids is 2. The van der Waals surface area contributed by atoms with Crippen LogP contribution < -0.4 is 18.9 Å². The highest BCUT2D eigenvalue weighted by molar-refractivity contribution is 5.93. The Labute approximate surface area is 172 Å². The predicted molar refractivity (Wildman–Crippen MR) is 106 cm³/mol. The molecule has 0 amide bonds. The number of ketones is 1. The van der Waals surface area contributed by atoms with Crippen molar-refractivity contribution in [3.05, 3.63) is 58.6 Å². The van der Waals surface area contributed by atoms with Gasteiger partial charge in [-0.15, -0.1) is 0 Å². The van der Waals surface area contributed by atoms with Crippen LogP contribution in [0.3, 0.4) is 0 Å². The number of esters is 1. The molecule has 0 saturated heterocycles. The van der Waals surface area contributed by atoms with Crippen LogP contribution in [0.4, 0.5) is 0 Å². The molecule has 30 heavy (non-hydrogen) atoms. The summed E-state index contributed by atoms with van der Waals surface area (Å²) in [5.41, 5.74) is 0.673. The Bertz CT molecular complexity index is 1100. The number of ether oxygens (including phenoxy) is 4. The third-order valence-corrected chi connectivity index (χ3v) is 4.41. The summed E-state index contributed by atoms with van der Waals surface area (Å²) in [5.74, 6) is -0.291. The van der Waals surface area contributed by atoms with E-state index in [1.54, 1.807) is 24.3 Å². The third-order valence-electron chi connectivity index (χ3n) is 4.41. The minimum absolute atomic E-state index is 0.0667.